The molecule has 0 aromatic carbocycles. The number of nitrogens with zero attached hydrogens (tertiary/aromatic N) is 1. The first-order valence-electron chi connectivity index (χ1n) is 6.98. The summed E-state index contributed by atoms with van der Waals surface area (Å²) in [5.41, 5.74) is 0. The van der Waals surface area contributed by atoms with E-state index in [0.717, 1.165) is 12.8 Å². The summed E-state index contributed by atoms with van der Waals surface area (Å²) >= 11 is 0. The zero-order valence-electron chi connectivity index (χ0n) is 11.7. The summed E-state index contributed by atoms with van der Waals surface area (Å²) in [6.45, 7) is 8.90. The molecule has 0 radical (unpaired) electrons. The van der Waals surface area contributed by atoms with Gasteiger partial charge < -0.3 is 0 Å². The molecule has 0 unspecified atom stereocenters. The van der Waals surface area contributed by atoms with E-state index in [4.69, 9.17) is 0 Å². The zero-order chi connectivity index (χ0) is 13.4. The lowest BCUT2D eigenvalue weighted by Crippen LogP contribution is -2.45. The van der Waals surface area contributed by atoms with Gasteiger partial charge in [0.2, 0.25) is 0 Å². The van der Waals surface area contributed by atoms with Gasteiger partial charge in [0, 0.05) is 18.2 Å². The van der Waals surface area contributed by atoms with Gasteiger partial charge in [-0.05, 0) is 36.5 Å². The minimum Gasteiger partial charge on any atom is -0.272 e. The Morgan fingerprint density at radius 3 is 2.00 bits per heavy atom. The van der Waals surface area contributed by atoms with Gasteiger partial charge >= 0.3 is 0 Å². The lowest BCUT2D eigenvalue weighted by Gasteiger charge is -2.34. The molecule has 2 aliphatic rings. The minimum absolute atomic E-state index is 0.104. The number of imide groups is 1. The van der Waals surface area contributed by atoms with E-state index in [0.29, 0.717) is 23.7 Å². The monoisotopic (exact) mass is 249 g/mol. The molecule has 1 heterocycles. The fraction of sp³-hybridized carbons (Fsp3) is 0.733. The second-order valence-electron chi connectivity index (χ2n) is 6.25. The molecule has 0 N–H and O–H groups in total. The van der Waals surface area contributed by atoms with Crippen LogP contribution in [0.4, 0.5) is 0 Å². The Morgan fingerprint density at radius 1 is 1.00 bits per heavy atom. The van der Waals surface area contributed by atoms with Gasteiger partial charge in [-0.2, -0.15) is 0 Å². The van der Waals surface area contributed by atoms with Crippen LogP contribution < -0.4 is 0 Å². The number of carbonyl (C=O) groups is 2. The fourth-order valence-corrected chi connectivity index (χ4v) is 3.79. The van der Waals surface area contributed by atoms with Gasteiger partial charge in [0.05, 0.1) is 0 Å². The first-order valence-corrected chi connectivity index (χ1v) is 6.98. The molecule has 2 amide bonds. The topological polar surface area (TPSA) is 37.4 Å². The molecule has 2 rings (SSSR count). The summed E-state index contributed by atoms with van der Waals surface area (Å²) in [5, 5.41) is 0. The molecule has 1 aliphatic carbocycles. The Bertz CT molecular complexity index is 366. The predicted molar refractivity (Wildman–Crippen MR) is 70.7 cm³/mol. The molecule has 3 atom stereocenters. The molecule has 1 aliphatic heterocycles. The van der Waals surface area contributed by atoms with Gasteiger partial charge in [-0.15, -0.1) is 0 Å². The molecular weight excluding hydrogens is 226 g/mol. The maximum Gasteiger partial charge on any atom is 0.253 e. The molecule has 0 saturated heterocycles. The smallest absolute Gasteiger partial charge is 0.253 e. The van der Waals surface area contributed by atoms with Crippen molar-refractivity contribution >= 4 is 11.8 Å². The van der Waals surface area contributed by atoms with Crippen LogP contribution in [-0.4, -0.2) is 22.8 Å². The van der Waals surface area contributed by atoms with Crippen molar-refractivity contribution in [1.82, 2.24) is 4.90 Å². The highest BCUT2D eigenvalue weighted by Gasteiger charge is 2.45. The molecular formula is C15H23NO2. The summed E-state index contributed by atoms with van der Waals surface area (Å²) < 4.78 is 0. The van der Waals surface area contributed by atoms with Crippen LogP contribution in [0.25, 0.3) is 0 Å². The quantitative estimate of drug-likeness (QED) is 0.721. The van der Waals surface area contributed by atoms with Crippen LogP contribution in [0.2, 0.25) is 0 Å². The van der Waals surface area contributed by atoms with Crippen LogP contribution in [0.3, 0.4) is 0 Å². The summed E-state index contributed by atoms with van der Waals surface area (Å²) in [6, 6.07) is 0.104. The molecule has 18 heavy (non-hydrogen) atoms. The SMILES string of the molecule is CC(C)[C@H]1[C@H](C(C)C)CC[C@@H]1N1C(=O)C=CC1=O. The van der Waals surface area contributed by atoms with E-state index >= 15 is 0 Å². The van der Waals surface area contributed by atoms with Crippen LogP contribution in [0.5, 0.6) is 0 Å². The van der Waals surface area contributed by atoms with E-state index in [-0.39, 0.29) is 17.9 Å². The second kappa shape index (κ2) is 4.87. The minimum atomic E-state index is -0.125. The number of carbonyl (C=O) groups excluding carboxylic acids is 2. The number of amides is 2. The van der Waals surface area contributed by atoms with Gasteiger partial charge in [0.1, 0.15) is 0 Å². The molecule has 100 valence electrons. The molecule has 0 bridgehead atoms. The third-order valence-electron chi connectivity index (χ3n) is 4.54. The molecule has 0 aromatic rings. The molecule has 1 saturated carbocycles. The fourth-order valence-electron chi connectivity index (χ4n) is 3.79. The van der Waals surface area contributed by atoms with Crippen molar-refractivity contribution < 1.29 is 9.59 Å². The van der Waals surface area contributed by atoms with Gasteiger partial charge in [-0.1, -0.05) is 27.7 Å². The van der Waals surface area contributed by atoms with Crippen LogP contribution in [-0.2, 0) is 9.59 Å². The third kappa shape index (κ3) is 2.11. The van der Waals surface area contributed by atoms with Crippen LogP contribution in [0.1, 0.15) is 40.5 Å². The first-order chi connectivity index (χ1) is 8.43. The van der Waals surface area contributed by atoms with Gasteiger partial charge in [-0.25, -0.2) is 0 Å². The van der Waals surface area contributed by atoms with Gasteiger partial charge in [0.15, 0.2) is 0 Å². The Balaban J connectivity index is 2.23. The van der Waals surface area contributed by atoms with E-state index in [2.05, 4.69) is 27.7 Å². The Morgan fingerprint density at radius 2 is 1.56 bits per heavy atom. The van der Waals surface area contributed by atoms with E-state index in [1.807, 2.05) is 0 Å². The number of hydrogen-bond donors (Lipinski definition) is 0. The van der Waals surface area contributed by atoms with Crippen LogP contribution in [0.15, 0.2) is 12.2 Å². The summed E-state index contributed by atoms with van der Waals surface area (Å²) in [5.74, 6) is 1.93. The summed E-state index contributed by atoms with van der Waals surface area (Å²) in [4.78, 5) is 25.2. The van der Waals surface area contributed by atoms with Gasteiger partial charge in [-0.3, -0.25) is 14.5 Å². The Labute approximate surface area is 109 Å². The molecule has 3 heteroatoms. The lowest BCUT2D eigenvalue weighted by atomic mass is 9.78. The predicted octanol–water partition coefficient (Wildman–Crippen LogP) is 2.62. The highest BCUT2D eigenvalue weighted by atomic mass is 16.2. The van der Waals surface area contributed by atoms with E-state index in [9.17, 15) is 9.59 Å². The van der Waals surface area contributed by atoms with Crippen molar-refractivity contribution in [1.29, 1.82) is 0 Å². The van der Waals surface area contributed by atoms with E-state index < -0.39 is 0 Å². The highest BCUT2D eigenvalue weighted by Crippen LogP contribution is 2.44. The maximum atomic E-state index is 11.8. The average molecular weight is 249 g/mol. The highest BCUT2D eigenvalue weighted by molar-refractivity contribution is 6.13. The Kier molecular flexibility index (Phi) is 3.60. The first kappa shape index (κ1) is 13.3. The normalized spacial score (nSPS) is 32.3. The van der Waals surface area contributed by atoms with Crippen LogP contribution in [0, 0.1) is 23.7 Å². The Hall–Kier alpha value is -1.12. The summed E-state index contributed by atoms with van der Waals surface area (Å²) in [7, 11) is 0. The van der Waals surface area contributed by atoms with Crippen molar-refractivity contribution in [2.75, 3.05) is 0 Å². The van der Waals surface area contributed by atoms with E-state index in [1.54, 1.807) is 0 Å². The zero-order valence-corrected chi connectivity index (χ0v) is 11.7. The van der Waals surface area contributed by atoms with Crippen LogP contribution >= 0.6 is 0 Å². The second-order valence-corrected chi connectivity index (χ2v) is 6.25. The van der Waals surface area contributed by atoms with Crippen molar-refractivity contribution in [3.63, 3.8) is 0 Å². The van der Waals surface area contributed by atoms with Crippen molar-refractivity contribution in [2.24, 2.45) is 23.7 Å². The number of hydrogen-bond acceptors (Lipinski definition) is 2. The van der Waals surface area contributed by atoms with Crippen molar-refractivity contribution in [3.05, 3.63) is 12.2 Å². The molecule has 1 fully saturated rings. The maximum absolute atomic E-state index is 11.8. The van der Waals surface area contributed by atoms with Gasteiger partial charge in [0.25, 0.3) is 11.8 Å². The summed E-state index contributed by atoms with van der Waals surface area (Å²) in [6.07, 6.45) is 4.90. The molecule has 3 nitrogen and oxygen atoms in total. The van der Waals surface area contributed by atoms with E-state index in [1.165, 1.54) is 17.1 Å². The van der Waals surface area contributed by atoms with Crippen molar-refractivity contribution in [2.45, 2.75) is 46.6 Å². The van der Waals surface area contributed by atoms with Crippen molar-refractivity contribution in [3.8, 4) is 0 Å². The standard InChI is InChI=1S/C15H23NO2/c1-9(2)11-5-6-12(15(11)10(3)4)16-13(17)7-8-14(16)18/h7-12,15H,5-6H2,1-4H3/t11-,12-,15-/m0/s1. The number of rotatable bonds is 3. The molecule has 0 spiro atoms. The lowest BCUT2D eigenvalue weighted by molar-refractivity contribution is -0.141. The third-order valence-corrected chi connectivity index (χ3v) is 4.54. The molecule has 0 aromatic heterocycles. The average Bonchev–Trinajstić information content (AvgIpc) is 2.82. The largest absolute Gasteiger partial charge is 0.272 e.